The normalized spacial score (nSPS) is 23.1. The van der Waals surface area contributed by atoms with Crippen LogP contribution in [0.3, 0.4) is 0 Å². The summed E-state index contributed by atoms with van der Waals surface area (Å²) >= 11 is 0. The van der Waals surface area contributed by atoms with E-state index in [1.165, 1.54) is 0 Å². The zero-order chi connectivity index (χ0) is 16.8. The van der Waals surface area contributed by atoms with Gasteiger partial charge in [0.1, 0.15) is 18.5 Å². The standard InChI is InChI=1S/C18H20N2O4/c1-3-10-22-11-17-12-23-18(24-17,13-20-9-8-19-14-20)15-4-6-16(21-2)7-5-15/h1,4-9,14,17H,10-13H2,2H3. The maximum Gasteiger partial charge on any atom is 0.214 e. The summed E-state index contributed by atoms with van der Waals surface area (Å²) in [7, 11) is 1.64. The van der Waals surface area contributed by atoms with Gasteiger partial charge in [0.15, 0.2) is 0 Å². The fourth-order valence-corrected chi connectivity index (χ4v) is 2.69. The lowest BCUT2D eigenvalue weighted by Gasteiger charge is -2.29. The van der Waals surface area contributed by atoms with Crippen molar-refractivity contribution in [3.63, 3.8) is 0 Å². The molecule has 1 aliphatic heterocycles. The average molecular weight is 328 g/mol. The quantitative estimate of drug-likeness (QED) is 0.573. The van der Waals surface area contributed by atoms with Gasteiger partial charge in [0, 0.05) is 18.0 Å². The van der Waals surface area contributed by atoms with Crippen LogP contribution < -0.4 is 4.74 Å². The number of imidazole rings is 1. The maximum absolute atomic E-state index is 6.22. The molecule has 6 heteroatoms. The molecular weight excluding hydrogens is 308 g/mol. The van der Waals surface area contributed by atoms with Crippen molar-refractivity contribution in [3.05, 3.63) is 48.5 Å². The third-order valence-electron chi connectivity index (χ3n) is 3.83. The summed E-state index contributed by atoms with van der Waals surface area (Å²) in [5.41, 5.74) is 0.913. The van der Waals surface area contributed by atoms with E-state index in [-0.39, 0.29) is 12.7 Å². The lowest BCUT2D eigenvalue weighted by Crippen LogP contribution is -2.34. The fourth-order valence-electron chi connectivity index (χ4n) is 2.69. The van der Waals surface area contributed by atoms with Gasteiger partial charge in [-0.1, -0.05) is 5.92 Å². The second-order valence-corrected chi connectivity index (χ2v) is 5.49. The largest absolute Gasteiger partial charge is 0.497 e. The molecule has 0 amide bonds. The SMILES string of the molecule is C#CCOCC1COC(Cn2ccnc2)(c2ccc(OC)cc2)O1. The second kappa shape index (κ2) is 7.49. The van der Waals surface area contributed by atoms with Crippen molar-refractivity contribution < 1.29 is 18.9 Å². The molecule has 0 radical (unpaired) electrons. The van der Waals surface area contributed by atoms with E-state index in [0.29, 0.717) is 19.8 Å². The fraction of sp³-hybridized carbons (Fsp3) is 0.389. The van der Waals surface area contributed by atoms with Crippen LogP contribution in [-0.4, -0.2) is 42.6 Å². The Morgan fingerprint density at radius 3 is 2.92 bits per heavy atom. The van der Waals surface area contributed by atoms with Gasteiger partial charge in [-0.3, -0.25) is 0 Å². The summed E-state index contributed by atoms with van der Waals surface area (Å²) in [5, 5.41) is 0. The number of nitrogens with zero attached hydrogens (tertiary/aromatic N) is 2. The van der Waals surface area contributed by atoms with E-state index < -0.39 is 5.79 Å². The van der Waals surface area contributed by atoms with Gasteiger partial charge in [0.25, 0.3) is 0 Å². The van der Waals surface area contributed by atoms with Crippen molar-refractivity contribution in [3.8, 4) is 18.1 Å². The summed E-state index contributed by atoms with van der Waals surface area (Å²) in [5.74, 6) is 2.34. The smallest absolute Gasteiger partial charge is 0.214 e. The Morgan fingerprint density at radius 2 is 2.25 bits per heavy atom. The molecule has 1 aromatic heterocycles. The predicted octanol–water partition coefficient (Wildman–Crippen LogP) is 1.81. The summed E-state index contributed by atoms with van der Waals surface area (Å²) in [4.78, 5) is 4.08. The Bertz CT molecular complexity index is 678. The molecule has 24 heavy (non-hydrogen) atoms. The highest BCUT2D eigenvalue weighted by atomic mass is 16.8. The van der Waals surface area contributed by atoms with Crippen LogP contribution >= 0.6 is 0 Å². The van der Waals surface area contributed by atoms with E-state index in [9.17, 15) is 0 Å². The van der Waals surface area contributed by atoms with Crippen LogP contribution in [0.1, 0.15) is 5.56 Å². The number of rotatable bonds is 7. The second-order valence-electron chi connectivity index (χ2n) is 5.49. The van der Waals surface area contributed by atoms with E-state index in [1.54, 1.807) is 19.6 Å². The van der Waals surface area contributed by atoms with Gasteiger partial charge in [0.05, 0.1) is 33.2 Å². The number of methoxy groups -OCH3 is 1. The lowest BCUT2D eigenvalue weighted by molar-refractivity contribution is -0.191. The summed E-state index contributed by atoms with van der Waals surface area (Å²) in [6.45, 7) is 1.58. The van der Waals surface area contributed by atoms with Gasteiger partial charge in [0.2, 0.25) is 5.79 Å². The van der Waals surface area contributed by atoms with Gasteiger partial charge >= 0.3 is 0 Å². The molecule has 126 valence electrons. The van der Waals surface area contributed by atoms with E-state index in [4.69, 9.17) is 25.4 Å². The average Bonchev–Trinajstić information content (AvgIpc) is 3.26. The molecule has 6 nitrogen and oxygen atoms in total. The van der Waals surface area contributed by atoms with Crippen LogP contribution in [0.4, 0.5) is 0 Å². The number of hydrogen-bond donors (Lipinski definition) is 0. The van der Waals surface area contributed by atoms with Crippen molar-refractivity contribution >= 4 is 0 Å². The lowest BCUT2D eigenvalue weighted by atomic mass is 10.1. The molecule has 1 aliphatic rings. The van der Waals surface area contributed by atoms with Crippen LogP contribution in [0.2, 0.25) is 0 Å². The number of aromatic nitrogens is 2. The van der Waals surface area contributed by atoms with Crippen molar-refractivity contribution in [1.29, 1.82) is 0 Å². The van der Waals surface area contributed by atoms with Crippen LogP contribution in [0, 0.1) is 12.3 Å². The van der Waals surface area contributed by atoms with Gasteiger partial charge in [-0.05, 0) is 24.3 Å². The van der Waals surface area contributed by atoms with Crippen molar-refractivity contribution in [2.24, 2.45) is 0 Å². The minimum Gasteiger partial charge on any atom is -0.497 e. The van der Waals surface area contributed by atoms with E-state index in [1.807, 2.05) is 35.0 Å². The Hall–Kier alpha value is -2.33. The molecular formula is C18H20N2O4. The molecule has 1 saturated heterocycles. The Labute approximate surface area is 141 Å². The summed E-state index contributed by atoms with van der Waals surface area (Å²) in [6, 6.07) is 7.67. The molecule has 0 bridgehead atoms. The maximum atomic E-state index is 6.22. The van der Waals surface area contributed by atoms with Crippen LogP contribution in [-0.2, 0) is 26.5 Å². The molecule has 0 aliphatic carbocycles. The van der Waals surface area contributed by atoms with Crippen LogP contribution in [0.25, 0.3) is 0 Å². The Morgan fingerprint density at radius 1 is 1.42 bits per heavy atom. The molecule has 2 heterocycles. The molecule has 2 unspecified atom stereocenters. The zero-order valence-electron chi connectivity index (χ0n) is 13.6. The summed E-state index contributed by atoms with van der Waals surface area (Å²) in [6.07, 6.45) is 10.4. The molecule has 2 aromatic rings. The van der Waals surface area contributed by atoms with Gasteiger partial charge in [-0.25, -0.2) is 4.98 Å². The Balaban J connectivity index is 1.80. The predicted molar refractivity (Wildman–Crippen MR) is 87.4 cm³/mol. The summed E-state index contributed by atoms with van der Waals surface area (Å²) < 4.78 is 24.8. The number of benzene rings is 1. The number of terminal acetylenes is 1. The van der Waals surface area contributed by atoms with Crippen molar-refractivity contribution in [1.82, 2.24) is 9.55 Å². The molecule has 0 spiro atoms. The first-order valence-electron chi connectivity index (χ1n) is 7.69. The third kappa shape index (κ3) is 3.60. The first kappa shape index (κ1) is 16.5. The highest BCUT2D eigenvalue weighted by Gasteiger charge is 2.43. The van der Waals surface area contributed by atoms with Crippen molar-refractivity contribution in [2.45, 2.75) is 18.4 Å². The number of hydrogen-bond acceptors (Lipinski definition) is 5. The topological polar surface area (TPSA) is 54.7 Å². The molecule has 1 aromatic carbocycles. The molecule has 0 saturated carbocycles. The minimum absolute atomic E-state index is 0.177. The molecule has 0 N–H and O–H groups in total. The van der Waals surface area contributed by atoms with E-state index in [0.717, 1.165) is 11.3 Å². The van der Waals surface area contributed by atoms with Gasteiger partial charge < -0.3 is 23.5 Å². The van der Waals surface area contributed by atoms with Crippen molar-refractivity contribution in [2.75, 3.05) is 26.9 Å². The van der Waals surface area contributed by atoms with Crippen LogP contribution in [0.15, 0.2) is 43.0 Å². The monoisotopic (exact) mass is 328 g/mol. The van der Waals surface area contributed by atoms with E-state index >= 15 is 0 Å². The molecule has 2 atom stereocenters. The zero-order valence-corrected chi connectivity index (χ0v) is 13.6. The van der Waals surface area contributed by atoms with Crippen LogP contribution in [0.5, 0.6) is 5.75 Å². The highest BCUT2D eigenvalue weighted by Crippen LogP contribution is 2.36. The molecule has 1 fully saturated rings. The Kier molecular flexibility index (Phi) is 5.16. The first-order chi connectivity index (χ1) is 11.8. The third-order valence-corrected chi connectivity index (χ3v) is 3.83. The minimum atomic E-state index is -0.892. The van der Waals surface area contributed by atoms with Gasteiger partial charge in [-0.2, -0.15) is 0 Å². The highest BCUT2D eigenvalue weighted by molar-refractivity contribution is 5.30. The molecule has 3 rings (SSSR count). The first-order valence-corrected chi connectivity index (χ1v) is 7.69. The number of ether oxygens (including phenoxy) is 4. The van der Waals surface area contributed by atoms with Gasteiger partial charge in [-0.15, -0.1) is 6.42 Å². The van der Waals surface area contributed by atoms with E-state index in [2.05, 4.69) is 10.9 Å².